The summed E-state index contributed by atoms with van der Waals surface area (Å²) < 4.78 is 2.41. The van der Waals surface area contributed by atoms with E-state index in [4.69, 9.17) is 15.0 Å². The summed E-state index contributed by atoms with van der Waals surface area (Å²) in [6, 6.07) is 81.2. The highest BCUT2D eigenvalue weighted by molar-refractivity contribution is 6.11. The Morgan fingerprint density at radius 2 is 0.656 bits per heavy atom. The molecule has 4 nitrogen and oxygen atoms in total. The molecule has 0 aliphatic heterocycles. The Hall–Kier alpha value is -8.21. The Labute approximate surface area is 354 Å². The second kappa shape index (κ2) is 15.5. The molecule has 0 spiro atoms. The van der Waals surface area contributed by atoms with Gasteiger partial charge in [-0.05, 0) is 63.2 Å². The lowest BCUT2D eigenvalue weighted by Gasteiger charge is -2.17. The summed E-state index contributed by atoms with van der Waals surface area (Å²) >= 11 is 0. The maximum Gasteiger partial charge on any atom is 0.164 e. The quantitative estimate of drug-likeness (QED) is 0.154. The number of rotatable bonds is 8. The maximum absolute atomic E-state index is 5.27. The molecule has 2 aromatic heterocycles. The van der Waals surface area contributed by atoms with Crippen molar-refractivity contribution in [1.82, 2.24) is 19.5 Å². The topological polar surface area (TPSA) is 43.6 Å². The van der Waals surface area contributed by atoms with Gasteiger partial charge in [-0.3, -0.25) is 0 Å². The molecule has 0 atom stereocenters. The van der Waals surface area contributed by atoms with Crippen molar-refractivity contribution in [2.45, 2.75) is 0 Å². The number of benzene rings is 9. The lowest BCUT2D eigenvalue weighted by Crippen LogP contribution is -2.02. The second-order valence-corrected chi connectivity index (χ2v) is 15.2. The van der Waals surface area contributed by atoms with Gasteiger partial charge in [0.05, 0.1) is 16.7 Å². The van der Waals surface area contributed by atoms with E-state index in [2.05, 4.69) is 223 Å². The molecule has 61 heavy (non-hydrogen) atoms. The average molecular weight is 779 g/mol. The van der Waals surface area contributed by atoms with Gasteiger partial charge in [0.15, 0.2) is 17.5 Å². The lowest BCUT2D eigenvalue weighted by atomic mass is 10.00. The fraction of sp³-hybridized carbons (Fsp3) is 0. The molecule has 0 unspecified atom stereocenters. The van der Waals surface area contributed by atoms with E-state index >= 15 is 0 Å². The number of para-hydroxylation sites is 1. The molecular weight excluding hydrogens is 741 g/mol. The van der Waals surface area contributed by atoms with Crippen molar-refractivity contribution in [3.63, 3.8) is 0 Å². The molecule has 11 aromatic rings. The molecule has 0 fully saturated rings. The van der Waals surface area contributed by atoms with E-state index in [0.717, 1.165) is 72.4 Å². The normalized spacial score (nSPS) is 11.3. The Kier molecular flexibility index (Phi) is 9.14. The molecule has 0 N–H and O–H groups in total. The largest absolute Gasteiger partial charge is 0.309 e. The van der Waals surface area contributed by atoms with Gasteiger partial charge in [-0.1, -0.05) is 206 Å². The molecule has 0 aliphatic rings. The van der Waals surface area contributed by atoms with Gasteiger partial charge in [-0.25, -0.2) is 15.0 Å². The highest BCUT2D eigenvalue weighted by atomic mass is 15.0. The smallest absolute Gasteiger partial charge is 0.164 e. The molecule has 2 heterocycles. The molecule has 0 aliphatic carbocycles. The van der Waals surface area contributed by atoms with Crippen LogP contribution in [0.2, 0.25) is 0 Å². The summed E-state index contributed by atoms with van der Waals surface area (Å²) in [6.07, 6.45) is 0. The summed E-state index contributed by atoms with van der Waals surface area (Å²) in [4.78, 5) is 15.7. The minimum atomic E-state index is 0.601. The van der Waals surface area contributed by atoms with Crippen molar-refractivity contribution < 1.29 is 0 Å². The standard InChI is InChI=1S/C57H38N4/c1-5-16-39(17-6-1)42-28-30-44(31-29-42)55-58-56(47-25-15-24-45(36-47)40-18-7-2-8-19-40)60-57(59-55)48-33-34-49(43-22-11-4-12-23-43)53(38-48)61-52-27-14-13-26-50(52)51-35-32-46(37-54(51)61)41-20-9-3-10-21-41/h1-38H. The first-order chi connectivity index (χ1) is 30.2. The Morgan fingerprint density at radius 3 is 1.30 bits per heavy atom. The summed E-state index contributed by atoms with van der Waals surface area (Å²) in [5, 5.41) is 2.39. The molecule has 0 amide bonds. The zero-order valence-electron chi connectivity index (χ0n) is 33.2. The van der Waals surface area contributed by atoms with Crippen molar-refractivity contribution in [3.8, 4) is 84.4 Å². The summed E-state index contributed by atoms with van der Waals surface area (Å²) in [5.74, 6) is 1.83. The minimum absolute atomic E-state index is 0.601. The third-order valence-corrected chi connectivity index (χ3v) is 11.5. The highest BCUT2D eigenvalue weighted by Gasteiger charge is 2.20. The first kappa shape index (κ1) is 35.9. The molecule has 11 rings (SSSR count). The summed E-state index contributed by atoms with van der Waals surface area (Å²) in [6.45, 7) is 0. The van der Waals surface area contributed by atoms with Crippen LogP contribution in [0, 0.1) is 0 Å². The van der Waals surface area contributed by atoms with Crippen LogP contribution in [0.3, 0.4) is 0 Å². The number of fused-ring (bicyclic) bond motifs is 3. The van der Waals surface area contributed by atoms with Crippen molar-refractivity contribution >= 4 is 21.8 Å². The first-order valence-corrected chi connectivity index (χ1v) is 20.6. The summed E-state index contributed by atoms with van der Waals surface area (Å²) in [5.41, 5.74) is 15.2. The van der Waals surface area contributed by atoms with Gasteiger partial charge in [0, 0.05) is 33.0 Å². The lowest BCUT2D eigenvalue weighted by molar-refractivity contribution is 1.07. The van der Waals surface area contributed by atoms with Gasteiger partial charge >= 0.3 is 0 Å². The number of hydrogen-bond acceptors (Lipinski definition) is 3. The van der Waals surface area contributed by atoms with Gasteiger partial charge < -0.3 is 4.57 Å². The monoisotopic (exact) mass is 778 g/mol. The van der Waals surface area contributed by atoms with Crippen LogP contribution in [0.4, 0.5) is 0 Å². The number of nitrogens with zero attached hydrogens (tertiary/aromatic N) is 4. The zero-order chi connectivity index (χ0) is 40.5. The van der Waals surface area contributed by atoms with Crippen LogP contribution in [0.5, 0.6) is 0 Å². The molecule has 4 heteroatoms. The van der Waals surface area contributed by atoms with Crippen LogP contribution in [-0.4, -0.2) is 19.5 Å². The van der Waals surface area contributed by atoms with Gasteiger partial charge in [0.25, 0.3) is 0 Å². The Morgan fingerprint density at radius 1 is 0.246 bits per heavy atom. The number of aromatic nitrogens is 4. The van der Waals surface area contributed by atoms with Crippen LogP contribution in [0.1, 0.15) is 0 Å². The molecule has 9 aromatic carbocycles. The van der Waals surface area contributed by atoms with Crippen molar-refractivity contribution in [2.75, 3.05) is 0 Å². The van der Waals surface area contributed by atoms with Crippen LogP contribution in [0.15, 0.2) is 231 Å². The highest BCUT2D eigenvalue weighted by Crippen LogP contribution is 2.40. The van der Waals surface area contributed by atoms with Gasteiger partial charge in [0.1, 0.15) is 0 Å². The molecular formula is C57H38N4. The molecule has 0 saturated carbocycles. The van der Waals surface area contributed by atoms with Crippen LogP contribution in [0.25, 0.3) is 106 Å². The third-order valence-electron chi connectivity index (χ3n) is 11.5. The van der Waals surface area contributed by atoms with E-state index in [-0.39, 0.29) is 0 Å². The van der Waals surface area contributed by atoms with E-state index < -0.39 is 0 Å². The van der Waals surface area contributed by atoms with E-state index in [0.29, 0.717) is 17.5 Å². The molecule has 0 saturated heterocycles. The summed E-state index contributed by atoms with van der Waals surface area (Å²) in [7, 11) is 0. The fourth-order valence-electron chi connectivity index (χ4n) is 8.43. The Bertz CT molecular complexity index is 3320. The SMILES string of the molecule is c1ccc(-c2ccc(-c3nc(-c4cccc(-c5ccccc5)c4)nc(-c4ccc(-c5ccccc5)c(-n5c6ccccc6c6ccc(-c7ccccc7)cc65)c4)n3)cc2)cc1. The predicted molar refractivity (Wildman–Crippen MR) is 252 cm³/mol. The van der Waals surface area contributed by atoms with E-state index in [1.807, 2.05) is 12.1 Å². The minimum Gasteiger partial charge on any atom is -0.309 e. The molecule has 0 bridgehead atoms. The van der Waals surface area contributed by atoms with E-state index in [9.17, 15) is 0 Å². The van der Waals surface area contributed by atoms with Gasteiger partial charge in [0.2, 0.25) is 0 Å². The van der Waals surface area contributed by atoms with Gasteiger partial charge in [-0.15, -0.1) is 0 Å². The van der Waals surface area contributed by atoms with Gasteiger partial charge in [-0.2, -0.15) is 0 Å². The first-order valence-electron chi connectivity index (χ1n) is 20.6. The average Bonchev–Trinajstić information content (AvgIpc) is 3.68. The predicted octanol–water partition coefficient (Wildman–Crippen LogP) is 14.6. The molecule has 286 valence electrons. The molecule has 0 radical (unpaired) electrons. The van der Waals surface area contributed by atoms with E-state index in [1.54, 1.807) is 0 Å². The van der Waals surface area contributed by atoms with Crippen molar-refractivity contribution in [2.24, 2.45) is 0 Å². The van der Waals surface area contributed by atoms with Crippen LogP contribution >= 0.6 is 0 Å². The third kappa shape index (κ3) is 6.86. The maximum atomic E-state index is 5.27. The fourth-order valence-corrected chi connectivity index (χ4v) is 8.43. The zero-order valence-corrected chi connectivity index (χ0v) is 33.2. The van der Waals surface area contributed by atoms with Crippen LogP contribution < -0.4 is 0 Å². The number of hydrogen-bond donors (Lipinski definition) is 0. The second-order valence-electron chi connectivity index (χ2n) is 15.2. The van der Waals surface area contributed by atoms with Crippen molar-refractivity contribution in [3.05, 3.63) is 231 Å². The van der Waals surface area contributed by atoms with Crippen LogP contribution in [-0.2, 0) is 0 Å². The van der Waals surface area contributed by atoms with E-state index in [1.165, 1.54) is 16.3 Å². The Balaban J connectivity index is 1.13. The van der Waals surface area contributed by atoms with Crippen molar-refractivity contribution in [1.29, 1.82) is 0 Å².